The standard InChI is InChI=1S/C16H25NS2/c1-2-3-4-5-6-7-8-9-14-10-12-15(13-11-14)17-16(18)19/h10-13H,2-9H2,1H3,(H2,17,18,19). The summed E-state index contributed by atoms with van der Waals surface area (Å²) in [6.45, 7) is 2.26. The summed E-state index contributed by atoms with van der Waals surface area (Å²) in [4.78, 5) is 0. The molecule has 19 heavy (non-hydrogen) atoms. The molecule has 0 aromatic heterocycles. The van der Waals surface area contributed by atoms with Crippen molar-refractivity contribution < 1.29 is 0 Å². The number of benzene rings is 1. The number of hydrogen-bond acceptors (Lipinski definition) is 1. The summed E-state index contributed by atoms with van der Waals surface area (Å²) in [6, 6.07) is 8.48. The van der Waals surface area contributed by atoms with Crippen molar-refractivity contribution in [2.24, 2.45) is 0 Å². The van der Waals surface area contributed by atoms with Crippen molar-refractivity contribution in [2.75, 3.05) is 5.32 Å². The van der Waals surface area contributed by atoms with Gasteiger partial charge in [0.1, 0.15) is 4.32 Å². The summed E-state index contributed by atoms with van der Waals surface area (Å²) < 4.78 is 0.514. The molecule has 0 atom stereocenters. The number of hydrogen-bond donors (Lipinski definition) is 2. The van der Waals surface area contributed by atoms with E-state index in [2.05, 4.69) is 49.1 Å². The molecule has 0 aliphatic carbocycles. The Labute approximate surface area is 128 Å². The number of thiol groups is 1. The van der Waals surface area contributed by atoms with Crippen LogP contribution in [-0.2, 0) is 6.42 Å². The molecule has 1 aromatic rings. The molecule has 0 bridgehead atoms. The third-order valence-corrected chi connectivity index (χ3v) is 3.49. The molecule has 0 heterocycles. The first-order chi connectivity index (χ1) is 9.22. The van der Waals surface area contributed by atoms with Crippen LogP contribution in [0.2, 0.25) is 0 Å². The predicted octanol–water partition coefficient (Wildman–Crippen LogP) is 5.61. The molecule has 1 rings (SSSR count). The highest BCUT2D eigenvalue weighted by Gasteiger charge is 1.96. The third-order valence-electron chi connectivity index (χ3n) is 3.27. The molecule has 0 unspecified atom stereocenters. The first-order valence-corrected chi connectivity index (χ1v) is 8.17. The van der Waals surface area contributed by atoms with Crippen LogP contribution in [0, 0.1) is 0 Å². The van der Waals surface area contributed by atoms with Crippen LogP contribution >= 0.6 is 24.8 Å². The summed E-state index contributed by atoms with van der Waals surface area (Å²) >= 11 is 8.95. The predicted molar refractivity (Wildman–Crippen MR) is 93.3 cm³/mol. The van der Waals surface area contributed by atoms with Gasteiger partial charge >= 0.3 is 0 Å². The fourth-order valence-corrected chi connectivity index (χ4v) is 2.41. The van der Waals surface area contributed by atoms with Gasteiger partial charge in [-0.25, -0.2) is 0 Å². The van der Waals surface area contributed by atoms with E-state index < -0.39 is 0 Å². The lowest BCUT2D eigenvalue weighted by Crippen LogP contribution is -2.00. The van der Waals surface area contributed by atoms with Gasteiger partial charge in [-0.05, 0) is 30.5 Å². The molecule has 1 aromatic carbocycles. The van der Waals surface area contributed by atoms with Gasteiger partial charge in [-0.15, -0.1) is 12.6 Å². The van der Waals surface area contributed by atoms with E-state index in [4.69, 9.17) is 12.2 Å². The molecule has 1 nitrogen and oxygen atoms in total. The summed E-state index contributed by atoms with van der Waals surface area (Å²) in [6.07, 6.45) is 10.7. The van der Waals surface area contributed by atoms with Crippen LogP contribution in [0.5, 0.6) is 0 Å². The number of nitrogens with one attached hydrogen (secondary N) is 1. The second kappa shape index (κ2) is 10.3. The molecule has 1 N–H and O–H groups in total. The maximum atomic E-state index is 4.89. The van der Waals surface area contributed by atoms with Gasteiger partial charge < -0.3 is 5.32 Å². The van der Waals surface area contributed by atoms with E-state index in [9.17, 15) is 0 Å². The molecule has 0 aliphatic rings. The molecule has 0 aliphatic heterocycles. The fraction of sp³-hybridized carbons (Fsp3) is 0.562. The Morgan fingerprint density at radius 1 is 1.00 bits per heavy atom. The lowest BCUT2D eigenvalue weighted by atomic mass is 10.0. The van der Waals surface area contributed by atoms with Crippen molar-refractivity contribution in [3.8, 4) is 0 Å². The van der Waals surface area contributed by atoms with Crippen LogP contribution in [-0.4, -0.2) is 4.32 Å². The molecule has 0 saturated carbocycles. The largest absolute Gasteiger partial charge is 0.341 e. The number of anilines is 1. The van der Waals surface area contributed by atoms with Crippen molar-refractivity contribution in [3.05, 3.63) is 29.8 Å². The van der Waals surface area contributed by atoms with Gasteiger partial charge in [0.05, 0.1) is 0 Å². The molecule has 0 saturated heterocycles. The highest BCUT2D eigenvalue weighted by molar-refractivity contribution is 8.11. The van der Waals surface area contributed by atoms with Crippen LogP contribution in [0.4, 0.5) is 5.69 Å². The molecule has 0 fully saturated rings. The SMILES string of the molecule is CCCCCCCCCc1ccc(NC(=S)S)cc1. The zero-order valence-corrected chi connectivity index (χ0v) is 13.5. The van der Waals surface area contributed by atoms with Crippen LogP contribution in [0.15, 0.2) is 24.3 Å². The summed E-state index contributed by atoms with van der Waals surface area (Å²) in [7, 11) is 0. The van der Waals surface area contributed by atoms with Gasteiger partial charge in [0, 0.05) is 5.69 Å². The minimum Gasteiger partial charge on any atom is -0.341 e. The van der Waals surface area contributed by atoms with E-state index in [1.807, 2.05) is 0 Å². The minimum absolute atomic E-state index is 0.514. The van der Waals surface area contributed by atoms with Crippen molar-refractivity contribution in [1.29, 1.82) is 0 Å². The minimum atomic E-state index is 0.514. The topological polar surface area (TPSA) is 12.0 Å². The van der Waals surface area contributed by atoms with Crippen LogP contribution in [0.1, 0.15) is 57.4 Å². The van der Waals surface area contributed by atoms with E-state index in [0.717, 1.165) is 5.69 Å². The number of thiocarbonyl (C=S) groups is 1. The smallest absolute Gasteiger partial charge is 0.135 e. The Balaban J connectivity index is 2.14. The van der Waals surface area contributed by atoms with Gasteiger partial charge in [-0.3, -0.25) is 0 Å². The van der Waals surface area contributed by atoms with E-state index in [1.165, 1.54) is 56.9 Å². The fourth-order valence-electron chi connectivity index (χ4n) is 2.16. The zero-order chi connectivity index (χ0) is 13.9. The molecular formula is C16H25NS2. The Bertz CT molecular complexity index is 360. The number of aryl methyl sites for hydroxylation is 1. The van der Waals surface area contributed by atoms with Crippen molar-refractivity contribution in [1.82, 2.24) is 0 Å². The highest BCUT2D eigenvalue weighted by atomic mass is 32.1. The van der Waals surface area contributed by atoms with Gasteiger partial charge in [0.15, 0.2) is 0 Å². The average Bonchev–Trinajstić information content (AvgIpc) is 2.39. The Morgan fingerprint density at radius 3 is 2.16 bits per heavy atom. The molecule has 0 amide bonds. The first-order valence-electron chi connectivity index (χ1n) is 7.31. The highest BCUT2D eigenvalue weighted by Crippen LogP contribution is 2.14. The normalized spacial score (nSPS) is 10.4. The zero-order valence-electron chi connectivity index (χ0n) is 11.8. The molecule has 0 radical (unpaired) electrons. The second-order valence-electron chi connectivity index (χ2n) is 5.00. The molecule has 106 valence electrons. The van der Waals surface area contributed by atoms with Gasteiger partial charge in [-0.2, -0.15) is 0 Å². The van der Waals surface area contributed by atoms with Crippen LogP contribution in [0.3, 0.4) is 0 Å². The van der Waals surface area contributed by atoms with Gasteiger partial charge in [0.2, 0.25) is 0 Å². The quantitative estimate of drug-likeness (QED) is 0.349. The van der Waals surface area contributed by atoms with Crippen molar-refractivity contribution in [2.45, 2.75) is 58.3 Å². The Kier molecular flexibility index (Phi) is 8.93. The molecule has 3 heteroatoms. The molecular weight excluding hydrogens is 270 g/mol. The first kappa shape index (κ1) is 16.5. The van der Waals surface area contributed by atoms with E-state index in [0.29, 0.717) is 4.32 Å². The second-order valence-corrected chi connectivity index (χ2v) is 6.16. The Morgan fingerprint density at radius 2 is 1.58 bits per heavy atom. The maximum Gasteiger partial charge on any atom is 0.135 e. The van der Waals surface area contributed by atoms with Gasteiger partial charge in [0.25, 0.3) is 0 Å². The third kappa shape index (κ3) is 8.27. The summed E-state index contributed by atoms with van der Waals surface area (Å²) in [5.41, 5.74) is 2.42. The van der Waals surface area contributed by atoms with Gasteiger partial charge in [-0.1, -0.05) is 69.8 Å². The molecule has 0 spiro atoms. The van der Waals surface area contributed by atoms with Crippen LogP contribution in [0.25, 0.3) is 0 Å². The lowest BCUT2D eigenvalue weighted by Gasteiger charge is -2.05. The maximum absolute atomic E-state index is 4.89. The van der Waals surface area contributed by atoms with Crippen molar-refractivity contribution in [3.63, 3.8) is 0 Å². The lowest BCUT2D eigenvalue weighted by molar-refractivity contribution is 0.589. The number of rotatable bonds is 9. The summed E-state index contributed by atoms with van der Waals surface area (Å²) in [5.74, 6) is 0. The van der Waals surface area contributed by atoms with E-state index in [-0.39, 0.29) is 0 Å². The van der Waals surface area contributed by atoms with E-state index in [1.54, 1.807) is 0 Å². The van der Waals surface area contributed by atoms with Crippen LogP contribution < -0.4 is 5.32 Å². The van der Waals surface area contributed by atoms with E-state index >= 15 is 0 Å². The van der Waals surface area contributed by atoms with Crippen molar-refractivity contribution >= 4 is 34.9 Å². The summed E-state index contributed by atoms with van der Waals surface area (Å²) in [5, 5.41) is 3.02. The Hall–Kier alpha value is -0.540. The number of unbranched alkanes of at least 4 members (excludes halogenated alkanes) is 6. The average molecular weight is 296 g/mol. The monoisotopic (exact) mass is 295 g/mol.